The van der Waals surface area contributed by atoms with Gasteiger partial charge < -0.3 is 15.5 Å². The predicted molar refractivity (Wildman–Crippen MR) is 120 cm³/mol. The molecule has 4 rings (SSSR count). The number of nitrogens with one attached hydrogen (secondary N) is 2. The highest BCUT2D eigenvalue weighted by molar-refractivity contribution is 6.02. The van der Waals surface area contributed by atoms with Gasteiger partial charge in [0, 0.05) is 30.4 Å². The van der Waals surface area contributed by atoms with E-state index in [1.807, 2.05) is 54.6 Å². The molecule has 1 aliphatic heterocycles. The molecule has 0 spiro atoms. The highest BCUT2D eigenvalue weighted by Crippen LogP contribution is 2.22. The van der Waals surface area contributed by atoms with E-state index in [1.165, 1.54) is 0 Å². The Morgan fingerprint density at radius 1 is 0.871 bits per heavy atom. The first-order chi connectivity index (χ1) is 15.2. The molecule has 7 heteroatoms. The van der Waals surface area contributed by atoms with Crippen LogP contribution in [0.15, 0.2) is 72.8 Å². The van der Waals surface area contributed by atoms with Crippen LogP contribution in [0.3, 0.4) is 0 Å². The van der Waals surface area contributed by atoms with Crippen molar-refractivity contribution in [1.82, 2.24) is 15.5 Å². The fraction of sp³-hybridized carbons (Fsp3) is 0.250. The Hall–Kier alpha value is -3.74. The van der Waals surface area contributed by atoms with Crippen molar-refractivity contribution in [2.75, 3.05) is 23.3 Å². The number of carbonyl (C=O) groups excluding carboxylic acids is 2. The minimum Gasteiger partial charge on any atom is -0.350 e. The van der Waals surface area contributed by atoms with Crippen molar-refractivity contribution in [2.24, 2.45) is 0 Å². The van der Waals surface area contributed by atoms with Crippen molar-refractivity contribution < 1.29 is 9.59 Å². The van der Waals surface area contributed by atoms with E-state index in [2.05, 4.69) is 25.7 Å². The molecule has 1 fully saturated rings. The highest BCUT2D eigenvalue weighted by Gasteiger charge is 2.25. The quantitative estimate of drug-likeness (QED) is 0.643. The van der Waals surface area contributed by atoms with Crippen molar-refractivity contribution in [3.05, 3.63) is 84.1 Å². The van der Waals surface area contributed by atoms with Gasteiger partial charge in [0.25, 0.3) is 11.8 Å². The lowest BCUT2D eigenvalue weighted by Crippen LogP contribution is -2.47. The summed E-state index contributed by atoms with van der Waals surface area (Å²) in [4.78, 5) is 27.0. The monoisotopic (exact) mass is 415 g/mol. The molecule has 2 N–H and O–H groups in total. The summed E-state index contributed by atoms with van der Waals surface area (Å²) in [5.74, 6) is 0.343. The Labute approximate surface area is 181 Å². The molecule has 1 atom stereocenters. The third-order valence-corrected chi connectivity index (χ3v) is 5.37. The number of carbonyl (C=O) groups is 2. The molecule has 31 heavy (non-hydrogen) atoms. The summed E-state index contributed by atoms with van der Waals surface area (Å²) >= 11 is 0. The van der Waals surface area contributed by atoms with Crippen LogP contribution in [-0.4, -0.2) is 41.1 Å². The van der Waals surface area contributed by atoms with E-state index in [0.29, 0.717) is 17.8 Å². The van der Waals surface area contributed by atoms with Crippen LogP contribution in [0.4, 0.5) is 11.5 Å². The fourth-order valence-corrected chi connectivity index (χ4v) is 3.73. The number of aromatic nitrogens is 2. The van der Waals surface area contributed by atoms with Crippen LogP contribution in [0.2, 0.25) is 0 Å². The van der Waals surface area contributed by atoms with Crippen LogP contribution in [-0.2, 0) is 0 Å². The molecule has 7 nitrogen and oxygen atoms in total. The number of amides is 2. The topological polar surface area (TPSA) is 87.2 Å². The summed E-state index contributed by atoms with van der Waals surface area (Å²) in [5.41, 5.74) is 1.63. The molecule has 0 aliphatic carbocycles. The maximum absolute atomic E-state index is 12.4. The lowest BCUT2D eigenvalue weighted by Gasteiger charge is -2.36. The summed E-state index contributed by atoms with van der Waals surface area (Å²) in [6, 6.07) is 22.1. The lowest BCUT2D eigenvalue weighted by atomic mass is 10.0. The zero-order chi connectivity index (χ0) is 21.5. The molecular weight excluding hydrogens is 390 g/mol. The number of hydrogen-bond acceptors (Lipinski definition) is 5. The molecule has 2 amide bonds. The first-order valence-corrected chi connectivity index (χ1v) is 10.5. The van der Waals surface area contributed by atoms with E-state index in [-0.39, 0.29) is 23.6 Å². The normalized spacial score (nSPS) is 15.9. The van der Waals surface area contributed by atoms with Crippen molar-refractivity contribution in [3.8, 4) is 0 Å². The lowest BCUT2D eigenvalue weighted by molar-refractivity contribution is 0.0948. The number of rotatable bonds is 6. The number of anilines is 2. The molecule has 1 aromatic heterocycles. The first-order valence-electron chi connectivity index (χ1n) is 10.5. The van der Waals surface area contributed by atoms with E-state index < -0.39 is 0 Å². The molecule has 158 valence electrons. The van der Waals surface area contributed by atoms with Gasteiger partial charge in [-0.25, -0.2) is 0 Å². The van der Waals surface area contributed by atoms with Gasteiger partial charge in [-0.3, -0.25) is 9.59 Å². The Balaban J connectivity index is 1.39. The number of benzene rings is 2. The third kappa shape index (κ3) is 5.25. The minimum absolute atomic E-state index is 0.0786. The van der Waals surface area contributed by atoms with E-state index in [0.717, 1.165) is 31.6 Å². The zero-order valence-electron chi connectivity index (χ0n) is 17.2. The van der Waals surface area contributed by atoms with Gasteiger partial charge in [-0.1, -0.05) is 36.4 Å². The molecule has 3 aromatic rings. The number of para-hydroxylation sites is 1. The van der Waals surface area contributed by atoms with Crippen LogP contribution in [0.1, 0.15) is 40.1 Å². The second-order valence-corrected chi connectivity index (χ2v) is 7.52. The molecule has 1 aliphatic rings. The van der Waals surface area contributed by atoms with Gasteiger partial charge in [-0.2, -0.15) is 0 Å². The van der Waals surface area contributed by atoms with Crippen LogP contribution in [0.5, 0.6) is 0 Å². The third-order valence-electron chi connectivity index (χ3n) is 5.37. The van der Waals surface area contributed by atoms with Gasteiger partial charge in [-0.15, -0.1) is 10.2 Å². The van der Waals surface area contributed by atoms with Gasteiger partial charge in [0.05, 0.1) is 0 Å². The number of hydrogen-bond donors (Lipinski definition) is 2. The molecule has 1 unspecified atom stereocenters. The van der Waals surface area contributed by atoms with Crippen molar-refractivity contribution in [1.29, 1.82) is 0 Å². The molecule has 2 heterocycles. The summed E-state index contributed by atoms with van der Waals surface area (Å²) < 4.78 is 0. The largest absolute Gasteiger partial charge is 0.350 e. The molecule has 0 radical (unpaired) electrons. The van der Waals surface area contributed by atoms with Gasteiger partial charge in [0.2, 0.25) is 0 Å². The Kier molecular flexibility index (Phi) is 6.52. The number of nitrogens with zero attached hydrogens (tertiary/aromatic N) is 3. The van der Waals surface area contributed by atoms with Gasteiger partial charge >= 0.3 is 0 Å². The minimum atomic E-state index is -0.296. The van der Waals surface area contributed by atoms with Gasteiger partial charge in [0.15, 0.2) is 11.5 Å². The first kappa shape index (κ1) is 20.5. The Morgan fingerprint density at radius 2 is 1.61 bits per heavy atom. The van der Waals surface area contributed by atoms with E-state index in [9.17, 15) is 9.59 Å². The van der Waals surface area contributed by atoms with Crippen LogP contribution < -0.4 is 15.5 Å². The summed E-state index contributed by atoms with van der Waals surface area (Å²) in [5, 5.41) is 14.3. The number of piperidine rings is 1. The highest BCUT2D eigenvalue weighted by atomic mass is 16.2. The molecule has 1 saturated heterocycles. The molecule has 0 bridgehead atoms. The van der Waals surface area contributed by atoms with Crippen molar-refractivity contribution >= 4 is 23.3 Å². The Bertz CT molecular complexity index is 1010. The van der Waals surface area contributed by atoms with Crippen molar-refractivity contribution in [3.63, 3.8) is 0 Å². The molecule has 2 aromatic carbocycles. The smallest absolute Gasteiger partial charge is 0.276 e. The maximum Gasteiger partial charge on any atom is 0.276 e. The predicted octanol–water partition coefficient (Wildman–Crippen LogP) is 3.52. The Morgan fingerprint density at radius 3 is 2.32 bits per heavy atom. The second-order valence-electron chi connectivity index (χ2n) is 7.52. The molecule has 0 saturated carbocycles. The van der Waals surface area contributed by atoms with E-state index >= 15 is 0 Å². The summed E-state index contributed by atoms with van der Waals surface area (Å²) in [7, 11) is 0. The van der Waals surface area contributed by atoms with Crippen LogP contribution >= 0.6 is 0 Å². The van der Waals surface area contributed by atoms with Crippen molar-refractivity contribution in [2.45, 2.75) is 25.3 Å². The average Bonchev–Trinajstić information content (AvgIpc) is 2.84. The van der Waals surface area contributed by atoms with Crippen LogP contribution in [0.25, 0.3) is 0 Å². The molecular formula is C24H25N5O2. The van der Waals surface area contributed by atoms with Crippen LogP contribution in [0, 0.1) is 0 Å². The van der Waals surface area contributed by atoms with Gasteiger partial charge in [0.1, 0.15) is 0 Å². The second kappa shape index (κ2) is 9.84. The standard InChI is InChI=1S/C24H25N5O2/c30-23(18-9-3-1-4-10-18)25-17-20-13-7-8-16-29(20)22-15-14-21(27-28-22)24(31)26-19-11-5-2-6-12-19/h1-6,9-12,14-15,20H,7-8,13,16-17H2,(H,25,30)(H,26,31). The summed E-state index contributed by atoms with van der Waals surface area (Å²) in [6.45, 7) is 1.38. The SMILES string of the molecule is O=C(NCC1CCCCN1c1ccc(C(=O)Nc2ccccc2)nn1)c1ccccc1. The van der Waals surface area contributed by atoms with E-state index in [1.54, 1.807) is 18.2 Å². The van der Waals surface area contributed by atoms with E-state index in [4.69, 9.17) is 0 Å². The maximum atomic E-state index is 12.4. The fourth-order valence-electron chi connectivity index (χ4n) is 3.73. The average molecular weight is 415 g/mol. The van der Waals surface area contributed by atoms with Gasteiger partial charge in [-0.05, 0) is 55.7 Å². The summed E-state index contributed by atoms with van der Waals surface area (Å²) in [6.07, 6.45) is 3.13. The zero-order valence-corrected chi connectivity index (χ0v) is 17.2.